The first-order valence-corrected chi connectivity index (χ1v) is 10.5. The maximum absolute atomic E-state index is 12.6. The van der Waals surface area contributed by atoms with Gasteiger partial charge in [-0.25, -0.2) is 9.78 Å². The van der Waals surface area contributed by atoms with Crippen molar-refractivity contribution in [2.45, 2.75) is 18.9 Å². The Labute approximate surface area is 190 Å². The van der Waals surface area contributed by atoms with Crippen LogP contribution in [0.4, 0.5) is 10.5 Å². The van der Waals surface area contributed by atoms with E-state index in [-0.39, 0.29) is 24.6 Å². The minimum Gasteiger partial charge on any atom is -0.331 e. The SMILES string of the molecule is Cn1ccnc1C(=O)c1cccc(NC(=O)CC2NC(=O)N(CCc3ccccc3)C2=O)c1. The van der Waals surface area contributed by atoms with Crippen LogP contribution < -0.4 is 10.6 Å². The van der Waals surface area contributed by atoms with Crippen LogP contribution in [0.25, 0.3) is 0 Å². The van der Waals surface area contributed by atoms with Crippen molar-refractivity contribution in [3.63, 3.8) is 0 Å². The molecule has 3 aromatic rings. The summed E-state index contributed by atoms with van der Waals surface area (Å²) in [6.07, 6.45) is 3.55. The summed E-state index contributed by atoms with van der Waals surface area (Å²) in [5.74, 6) is -0.857. The lowest BCUT2D eigenvalue weighted by atomic mass is 10.1. The Hall–Kier alpha value is -4.27. The Morgan fingerprint density at radius 2 is 1.88 bits per heavy atom. The topological polar surface area (TPSA) is 113 Å². The van der Waals surface area contributed by atoms with Crippen molar-refractivity contribution >= 4 is 29.3 Å². The van der Waals surface area contributed by atoms with E-state index in [2.05, 4.69) is 15.6 Å². The summed E-state index contributed by atoms with van der Waals surface area (Å²) in [5.41, 5.74) is 1.80. The number of imidazole rings is 1. The number of carbonyl (C=O) groups is 4. The van der Waals surface area contributed by atoms with Gasteiger partial charge in [0.15, 0.2) is 5.82 Å². The third-order valence-corrected chi connectivity index (χ3v) is 5.40. The van der Waals surface area contributed by atoms with Crippen LogP contribution in [0.3, 0.4) is 0 Å². The molecule has 2 heterocycles. The van der Waals surface area contributed by atoms with Crippen LogP contribution in [0.1, 0.15) is 28.2 Å². The summed E-state index contributed by atoms with van der Waals surface area (Å²) in [4.78, 5) is 55.2. The molecule has 9 nitrogen and oxygen atoms in total. The van der Waals surface area contributed by atoms with Crippen molar-refractivity contribution < 1.29 is 19.2 Å². The van der Waals surface area contributed by atoms with Crippen LogP contribution in [-0.4, -0.2) is 50.7 Å². The van der Waals surface area contributed by atoms with Gasteiger partial charge in [-0.2, -0.15) is 0 Å². The molecule has 4 rings (SSSR count). The van der Waals surface area contributed by atoms with Crippen molar-refractivity contribution in [1.82, 2.24) is 19.8 Å². The van der Waals surface area contributed by atoms with Gasteiger partial charge in [0.1, 0.15) is 6.04 Å². The number of ketones is 1. The van der Waals surface area contributed by atoms with Crippen LogP contribution in [0.2, 0.25) is 0 Å². The molecule has 33 heavy (non-hydrogen) atoms. The first-order valence-electron chi connectivity index (χ1n) is 10.5. The molecule has 1 fully saturated rings. The van der Waals surface area contributed by atoms with Gasteiger partial charge in [-0.05, 0) is 24.1 Å². The van der Waals surface area contributed by atoms with Crippen LogP contribution in [0.5, 0.6) is 0 Å². The third kappa shape index (κ3) is 4.98. The van der Waals surface area contributed by atoms with Crippen LogP contribution in [0, 0.1) is 0 Å². The summed E-state index contributed by atoms with van der Waals surface area (Å²) < 4.78 is 1.62. The summed E-state index contributed by atoms with van der Waals surface area (Å²) in [6, 6.07) is 14.6. The Bertz CT molecular complexity index is 1200. The van der Waals surface area contributed by atoms with Gasteiger partial charge in [-0.3, -0.25) is 19.3 Å². The summed E-state index contributed by atoms with van der Waals surface area (Å²) in [6.45, 7) is 0.240. The quantitative estimate of drug-likeness (QED) is 0.407. The van der Waals surface area contributed by atoms with E-state index in [1.54, 1.807) is 42.1 Å². The van der Waals surface area contributed by atoms with Gasteiger partial charge in [0.25, 0.3) is 5.91 Å². The number of rotatable bonds is 8. The zero-order chi connectivity index (χ0) is 23.4. The van der Waals surface area contributed by atoms with Crippen LogP contribution in [0.15, 0.2) is 67.0 Å². The second-order valence-electron chi connectivity index (χ2n) is 7.75. The monoisotopic (exact) mass is 445 g/mol. The molecule has 1 unspecified atom stereocenters. The van der Waals surface area contributed by atoms with E-state index >= 15 is 0 Å². The molecule has 0 saturated carbocycles. The molecule has 168 valence electrons. The number of hydrogen-bond donors (Lipinski definition) is 2. The molecule has 0 spiro atoms. The van der Waals surface area contributed by atoms with Crippen LogP contribution in [-0.2, 0) is 23.1 Å². The van der Waals surface area contributed by atoms with Gasteiger partial charge >= 0.3 is 6.03 Å². The van der Waals surface area contributed by atoms with Crippen molar-refractivity contribution in [3.8, 4) is 0 Å². The molecule has 1 saturated heterocycles. The second kappa shape index (κ2) is 9.47. The number of nitrogens with zero attached hydrogens (tertiary/aromatic N) is 3. The first-order chi connectivity index (χ1) is 15.9. The highest BCUT2D eigenvalue weighted by Gasteiger charge is 2.38. The highest BCUT2D eigenvalue weighted by molar-refractivity contribution is 6.08. The standard InChI is InChI=1S/C24H23N5O4/c1-28-13-11-25-22(28)21(31)17-8-5-9-18(14-17)26-20(30)15-19-23(32)29(24(33)27-19)12-10-16-6-3-2-4-7-16/h2-9,11,13-14,19H,10,12,15H2,1H3,(H,26,30)(H,27,33). The molecule has 4 amide bonds. The average molecular weight is 445 g/mol. The molecule has 1 aliphatic rings. The zero-order valence-electron chi connectivity index (χ0n) is 18.0. The van der Waals surface area contributed by atoms with E-state index < -0.39 is 23.9 Å². The lowest BCUT2D eigenvalue weighted by Gasteiger charge is -2.13. The first kappa shape index (κ1) is 21.9. The molecule has 9 heteroatoms. The number of nitrogens with one attached hydrogen (secondary N) is 2. The number of imide groups is 1. The molecule has 1 aliphatic heterocycles. The van der Waals surface area contributed by atoms with Gasteiger partial charge in [0, 0.05) is 37.2 Å². The van der Waals surface area contributed by atoms with Gasteiger partial charge in [-0.15, -0.1) is 0 Å². The highest BCUT2D eigenvalue weighted by atomic mass is 16.2. The zero-order valence-corrected chi connectivity index (χ0v) is 18.0. The van der Waals surface area contributed by atoms with Crippen molar-refractivity contribution in [3.05, 3.63) is 83.9 Å². The number of amides is 4. The molecular weight excluding hydrogens is 422 g/mol. The van der Waals surface area contributed by atoms with Gasteiger partial charge in [0.2, 0.25) is 11.7 Å². The van der Waals surface area contributed by atoms with Crippen LogP contribution >= 0.6 is 0 Å². The molecular formula is C24H23N5O4. The van der Waals surface area contributed by atoms with E-state index in [0.29, 0.717) is 17.7 Å². The van der Waals surface area contributed by atoms with E-state index in [1.165, 1.54) is 6.20 Å². The lowest BCUT2D eigenvalue weighted by Crippen LogP contribution is -2.35. The predicted molar refractivity (Wildman–Crippen MR) is 121 cm³/mol. The number of hydrogen-bond acceptors (Lipinski definition) is 5. The molecule has 2 N–H and O–H groups in total. The van der Waals surface area contributed by atoms with Gasteiger partial charge in [0.05, 0.1) is 6.42 Å². The molecule has 2 aromatic carbocycles. The minimum atomic E-state index is -0.925. The molecule has 0 bridgehead atoms. The number of aryl methyl sites for hydroxylation is 1. The van der Waals surface area contributed by atoms with E-state index in [9.17, 15) is 19.2 Å². The molecule has 1 atom stereocenters. The second-order valence-corrected chi connectivity index (χ2v) is 7.75. The average Bonchev–Trinajstić information content (AvgIpc) is 3.35. The number of carbonyl (C=O) groups excluding carboxylic acids is 4. The predicted octanol–water partition coefficient (Wildman–Crippen LogP) is 2.14. The normalized spacial score (nSPS) is 15.4. The maximum Gasteiger partial charge on any atom is 0.324 e. The van der Waals surface area contributed by atoms with Gasteiger partial charge < -0.3 is 15.2 Å². The Morgan fingerprint density at radius 1 is 1.09 bits per heavy atom. The molecule has 1 aromatic heterocycles. The number of anilines is 1. The number of urea groups is 1. The Kier molecular flexibility index (Phi) is 6.30. The number of aromatic nitrogens is 2. The Balaban J connectivity index is 1.35. The van der Waals surface area contributed by atoms with E-state index in [0.717, 1.165) is 10.5 Å². The summed E-state index contributed by atoms with van der Waals surface area (Å²) >= 11 is 0. The van der Waals surface area contributed by atoms with Crippen molar-refractivity contribution in [1.29, 1.82) is 0 Å². The van der Waals surface area contributed by atoms with Crippen molar-refractivity contribution in [2.24, 2.45) is 7.05 Å². The van der Waals surface area contributed by atoms with Gasteiger partial charge in [-0.1, -0.05) is 42.5 Å². The smallest absolute Gasteiger partial charge is 0.324 e. The largest absolute Gasteiger partial charge is 0.331 e. The van der Waals surface area contributed by atoms with E-state index in [1.807, 2.05) is 30.3 Å². The molecule has 0 aliphatic carbocycles. The fourth-order valence-corrected chi connectivity index (χ4v) is 3.66. The number of benzene rings is 2. The lowest BCUT2D eigenvalue weighted by molar-refractivity contribution is -0.129. The minimum absolute atomic E-state index is 0.204. The fraction of sp³-hybridized carbons (Fsp3) is 0.208. The van der Waals surface area contributed by atoms with Crippen molar-refractivity contribution in [2.75, 3.05) is 11.9 Å². The highest BCUT2D eigenvalue weighted by Crippen LogP contribution is 2.16. The maximum atomic E-state index is 12.6. The van der Waals surface area contributed by atoms with E-state index in [4.69, 9.17) is 0 Å². The summed E-state index contributed by atoms with van der Waals surface area (Å²) in [7, 11) is 1.72. The summed E-state index contributed by atoms with van der Waals surface area (Å²) in [5, 5.41) is 5.26. The third-order valence-electron chi connectivity index (χ3n) is 5.40. The molecule has 0 radical (unpaired) electrons. The fourth-order valence-electron chi connectivity index (χ4n) is 3.66. The Morgan fingerprint density at radius 3 is 2.61 bits per heavy atom.